The van der Waals surface area contributed by atoms with Crippen LogP contribution in [0, 0.1) is 10.1 Å². The van der Waals surface area contributed by atoms with Gasteiger partial charge in [-0.15, -0.1) is 0 Å². The lowest BCUT2D eigenvalue weighted by molar-refractivity contribution is -0.384. The molecule has 132 valence electrons. The Morgan fingerprint density at radius 3 is 2.52 bits per heavy atom. The maximum atomic E-state index is 11.9. The summed E-state index contributed by atoms with van der Waals surface area (Å²) in [4.78, 5) is 33.6. The van der Waals surface area contributed by atoms with Gasteiger partial charge in [-0.2, -0.15) is 0 Å². The second kappa shape index (κ2) is 8.09. The van der Waals surface area contributed by atoms with Gasteiger partial charge in [-0.3, -0.25) is 14.9 Å². The number of benzene rings is 1. The summed E-state index contributed by atoms with van der Waals surface area (Å²) in [6.07, 6.45) is 0.774. The number of nitrogens with one attached hydrogen (secondary N) is 1. The minimum absolute atomic E-state index is 0.00329. The van der Waals surface area contributed by atoms with Crippen LogP contribution in [0.3, 0.4) is 0 Å². The second-order valence-corrected chi connectivity index (χ2v) is 5.42. The van der Waals surface area contributed by atoms with Crippen molar-refractivity contribution in [2.45, 2.75) is 26.3 Å². The lowest BCUT2D eigenvalue weighted by atomic mass is 10.1. The van der Waals surface area contributed by atoms with E-state index in [4.69, 9.17) is 9.15 Å². The molecule has 1 amide bonds. The molecule has 1 heterocycles. The molecule has 0 saturated heterocycles. The fraction of sp³-hybridized carbons (Fsp3) is 0.294. The molecule has 0 aliphatic heterocycles. The molecule has 1 aromatic heterocycles. The molecule has 0 bridgehead atoms. The lowest BCUT2D eigenvalue weighted by Gasteiger charge is -2.10. The molecule has 0 saturated carbocycles. The molecule has 1 atom stereocenters. The van der Waals surface area contributed by atoms with Crippen LogP contribution >= 0.6 is 0 Å². The van der Waals surface area contributed by atoms with Gasteiger partial charge in [0.1, 0.15) is 5.76 Å². The summed E-state index contributed by atoms with van der Waals surface area (Å²) in [5, 5.41) is 13.3. The molecule has 1 aromatic carbocycles. The molecule has 0 unspecified atom stereocenters. The number of hydrogen-bond donors (Lipinski definition) is 1. The van der Waals surface area contributed by atoms with Crippen molar-refractivity contribution in [3.8, 4) is 11.3 Å². The maximum absolute atomic E-state index is 11.9. The van der Waals surface area contributed by atoms with Crippen molar-refractivity contribution < 1.29 is 23.7 Å². The minimum atomic E-state index is -0.757. The number of carbonyl (C=O) groups is 2. The Labute approximate surface area is 143 Å². The molecule has 0 spiro atoms. The third-order valence-electron chi connectivity index (χ3n) is 3.52. The van der Waals surface area contributed by atoms with Crippen molar-refractivity contribution in [2.24, 2.45) is 0 Å². The van der Waals surface area contributed by atoms with E-state index in [9.17, 15) is 19.7 Å². The van der Waals surface area contributed by atoms with Gasteiger partial charge < -0.3 is 14.5 Å². The fourth-order valence-electron chi connectivity index (χ4n) is 1.97. The van der Waals surface area contributed by atoms with Crippen LogP contribution < -0.4 is 5.32 Å². The van der Waals surface area contributed by atoms with E-state index in [1.54, 1.807) is 6.07 Å². The van der Waals surface area contributed by atoms with Crippen molar-refractivity contribution in [3.63, 3.8) is 0 Å². The Hall–Kier alpha value is -3.16. The summed E-state index contributed by atoms with van der Waals surface area (Å²) < 4.78 is 10.3. The number of nitrogens with zero attached hydrogens (tertiary/aromatic N) is 1. The average molecular weight is 346 g/mol. The van der Waals surface area contributed by atoms with Gasteiger partial charge in [-0.1, -0.05) is 6.92 Å². The molecule has 8 heteroatoms. The van der Waals surface area contributed by atoms with E-state index in [-0.39, 0.29) is 23.4 Å². The summed E-state index contributed by atoms with van der Waals surface area (Å²) in [6.45, 7) is 3.39. The highest BCUT2D eigenvalue weighted by atomic mass is 16.6. The van der Waals surface area contributed by atoms with Crippen LogP contribution in [0.2, 0.25) is 0 Å². The zero-order valence-electron chi connectivity index (χ0n) is 13.9. The normalized spacial score (nSPS) is 11.6. The van der Waals surface area contributed by atoms with Crippen molar-refractivity contribution in [1.29, 1.82) is 0 Å². The molecule has 0 aliphatic rings. The highest BCUT2D eigenvalue weighted by Gasteiger charge is 2.16. The van der Waals surface area contributed by atoms with Crippen molar-refractivity contribution >= 4 is 17.6 Å². The first-order valence-corrected chi connectivity index (χ1v) is 7.72. The quantitative estimate of drug-likeness (QED) is 0.469. The molecule has 0 aliphatic carbocycles. The molecule has 0 radical (unpaired) electrons. The third-order valence-corrected chi connectivity index (χ3v) is 3.52. The Morgan fingerprint density at radius 1 is 1.24 bits per heavy atom. The highest BCUT2D eigenvalue weighted by molar-refractivity contribution is 5.89. The molecule has 2 aromatic rings. The number of amides is 1. The van der Waals surface area contributed by atoms with Crippen molar-refractivity contribution in [2.75, 3.05) is 6.61 Å². The predicted octanol–water partition coefficient (Wildman–Crippen LogP) is 2.93. The topological polar surface area (TPSA) is 112 Å². The highest BCUT2D eigenvalue weighted by Crippen LogP contribution is 2.24. The average Bonchev–Trinajstić information content (AvgIpc) is 3.09. The van der Waals surface area contributed by atoms with Gasteiger partial charge >= 0.3 is 5.97 Å². The van der Waals surface area contributed by atoms with Gasteiger partial charge in [0.15, 0.2) is 6.61 Å². The number of furan rings is 1. The number of nitro benzene ring substituents is 1. The Balaban J connectivity index is 1.97. The van der Waals surface area contributed by atoms with E-state index in [0.717, 1.165) is 6.42 Å². The summed E-state index contributed by atoms with van der Waals surface area (Å²) in [5.41, 5.74) is 0.543. The first-order valence-electron chi connectivity index (χ1n) is 7.72. The van der Waals surface area contributed by atoms with Gasteiger partial charge in [-0.05, 0) is 37.6 Å². The SMILES string of the molecule is CC[C@H](C)NC(=O)COC(=O)c1ccc(-c2ccc([N+](=O)[O-])cc2)o1. The molecule has 1 N–H and O–H groups in total. The summed E-state index contributed by atoms with van der Waals surface area (Å²) in [6, 6.07) is 8.70. The smallest absolute Gasteiger partial charge is 0.374 e. The molecule has 2 rings (SSSR count). The molecular formula is C17H18N2O6. The van der Waals surface area contributed by atoms with Gasteiger partial charge in [0.05, 0.1) is 4.92 Å². The van der Waals surface area contributed by atoms with Gasteiger partial charge in [0.25, 0.3) is 11.6 Å². The van der Waals surface area contributed by atoms with E-state index in [1.807, 2.05) is 13.8 Å². The number of nitro groups is 1. The minimum Gasteiger partial charge on any atom is -0.450 e. The zero-order chi connectivity index (χ0) is 18.4. The number of carbonyl (C=O) groups excluding carboxylic acids is 2. The van der Waals surface area contributed by atoms with Gasteiger partial charge in [-0.25, -0.2) is 4.79 Å². The van der Waals surface area contributed by atoms with E-state index in [1.165, 1.54) is 30.3 Å². The Bertz CT molecular complexity index is 766. The number of ether oxygens (including phenoxy) is 1. The molecule has 0 fully saturated rings. The lowest BCUT2D eigenvalue weighted by Crippen LogP contribution is -2.35. The van der Waals surface area contributed by atoms with Gasteiger partial charge in [0, 0.05) is 23.7 Å². The van der Waals surface area contributed by atoms with Crippen LogP contribution in [0.5, 0.6) is 0 Å². The maximum Gasteiger partial charge on any atom is 0.374 e. The predicted molar refractivity (Wildman–Crippen MR) is 89.0 cm³/mol. The van der Waals surface area contributed by atoms with E-state index in [2.05, 4.69) is 5.32 Å². The van der Waals surface area contributed by atoms with Crippen LogP contribution in [-0.2, 0) is 9.53 Å². The monoisotopic (exact) mass is 346 g/mol. The summed E-state index contributed by atoms with van der Waals surface area (Å²) in [7, 11) is 0. The third kappa shape index (κ3) is 4.90. The van der Waals surface area contributed by atoms with E-state index >= 15 is 0 Å². The van der Waals surface area contributed by atoms with Gasteiger partial charge in [0.2, 0.25) is 5.76 Å². The Morgan fingerprint density at radius 2 is 1.92 bits per heavy atom. The van der Waals surface area contributed by atoms with Crippen LogP contribution in [0.1, 0.15) is 30.8 Å². The van der Waals surface area contributed by atoms with Crippen LogP contribution in [0.15, 0.2) is 40.8 Å². The van der Waals surface area contributed by atoms with E-state index < -0.39 is 17.5 Å². The number of non-ortho nitro benzene ring substituents is 1. The van der Waals surface area contributed by atoms with Crippen LogP contribution in [0.25, 0.3) is 11.3 Å². The van der Waals surface area contributed by atoms with Crippen LogP contribution in [0.4, 0.5) is 5.69 Å². The number of esters is 1. The summed E-state index contributed by atoms with van der Waals surface area (Å²) >= 11 is 0. The number of hydrogen-bond acceptors (Lipinski definition) is 6. The molecule has 8 nitrogen and oxygen atoms in total. The van der Waals surface area contributed by atoms with E-state index in [0.29, 0.717) is 11.3 Å². The second-order valence-electron chi connectivity index (χ2n) is 5.42. The van der Waals surface area contributed by atoms with Crippen molar-refractivity contribution in [1.82, 2.24) is 5.32 Å². The number of rotatable bonds is 7. The van der Waals surface area contributed by atoms with Crippen molar-refractivity contribution in [3.05, 3.63) is 52.3 Å². The first kappa shape index (κ1) is 18.2. The zero-order valence-corrected chi connectivity index (χ0v) is 13.9. The Kier molecular flexibility index (Phi) is 5.89. The standard InChI is InChI=1S/C17H18N2O6/c1-3-11(2)18-16(20)10-24-17(21)15-9-8-14(25-15)12-4-6-13(7-5-12)19(22)23/h4-9,11H,3,10H2,1-2H3,(H,18,20)/t11-/m0/s1. The first-order chi connectivity index (χ1) is 11.9. The molecule has 25 heavy (non-hydrogen) atoms. The fourth-order valence-corrected chi connectivity index (χ4v) is 1.97. The van der Waals surface area contributed by atoms with Crippen LogP contribution in [-0.4, -0.2) is 29.4 Å². The largest absolute Gasteiger partial charge is 0.450 e. The summed E-state index contributed by atoms with van der Waals surface area (Å²) in [5.74, 6) is -0.826. The molecular weight excluding hydrogens is 328 g/mol.